The maximum atomic E-state index is 11.5. The molecule has 204 valence electrons. The number of quaternary nitrogens is 1. The molecule has 0 amide bonds. The van der Waals surface area contributed by atoms with Crippen molar-refractivity contribution in [2.75, 3.05) is 19.6 Å². The van der Waals surface area contributed by atoms with Gasteiger partial charge >= 0.3 is 0 Å². The zero-order valence-electron chi connectivity index (χ0n) is 23.5. The topological polar surface area (TPSA) is 85.0 Å². The van der Waals surface area contributed by atoms with Crippen molar-refractivity contribution in [2.45, 2.75) is 118 Å². The van der Waals surface area contributed by atoms with E-state index in [1.54, 1.807) is 4.90 Å². The molecule has 0 aromatic carbocycles. The average Bonchev–Trinajstić information content (AvgIpc) is 3.18. The second kappa shape index (κ2) is 11.8. The van der Waals surface area contributed by atoms with Gasteiger partial charge in [-0.2, -0.15) is 0 Å². The number of carboxylic acids is 1. The van der Waals surface area contributed by atoms with Crippen LogP contribution < -0.4 is 10.0 Å². The zero-order valence-corrected chi connectivity index (χ0v) is 23.5. The highest BCUT2D eigenvalue weighted by atomic mass is 16.4. The van der Waals surface area contributed by atoms with Gasteiger partial charge in [0.1, 0.15) is 0 Å². The Hall–Kier alpha value is -0.650. The summed E-state index contributed by atoms with van der Waals surface area (Å²) in [6, 6.07) is 0. The maximum absolute atomic E-state index is 11.5. The first-order chi connectivity index (χ1) is 16.5. The van der Waals surface area contributed by atoms with Crippen LogP contribution in [0, 0.1) is 46.3 Å². The molecule has 4 aliphatic carbocycles. The first-order valence-corrected chi connectivity index (χ1v) is 14.9. The molecule has 35 heavy (non-hydrogen) atoms. The fourth-order valence-electron chi connectivity index (χ4n) is 9.48. The van der Waals surface area contributed by atoms with Gasteiger partial charge in [-0.05, 0) is 118 Å². The van der Waals surface area contributed by atoms with E-state index < -0.39 is 5.97 Å². The SMILES string of the molecule is CC(CCC(=O)[O-])C1CCC2C3C(O)CC4CCCCC4(C)C3CC(O)C12C.CC[NH+](CC)CC. The highest BCUT2D eigenvalue weighted by molar-refractivity contribution is 5.64. The van der Waals surface area contributed by atoms with Gasteiger partial charge in [-0.3, -0.25) is 0 Å². The summed E-state index contributed by atoms with van der Waals surface area (Å²) in [4.78, 5) is 12.6. The van der Waals surface area contributed by atoms with Crippen LogP contribution in [0.4, 0.5) is 0 Å². The molecule has 4 saturated carbocycles. The van der Waals surface area contributed by atoms with Crippen molar-refractivity contribution in [3.63, 3.8) is 0 Å². The molecule has 0 aromatic heterocycles. The van der Waals surface area contributed by atoms with Crippen LogP contribution in [-0.2, 0) is 4.79 Å². The Labute approximate surface area is 215 Å². The van der Waals surface area contributed by atoms with Crippen LogP contribution in [0.2, 0.25) is 0 Å². The van der Waals surface area contributed by atoms with Crippen LogP contribution in [-0.4, -0.2) is 48.0 Å². The second-order valence-electron chi connectivity index (χ2n) is 13.0. The fraction of sp³-hybridized carbons (Fsp3) is 0.967. The van der Waals surface area contributed by atoms with Gasteiger partial charge in [0.25, 0.3) is 0 Å². The Bertz CT molecular complexity index is 690. The van der Waals surface area contributed by atoms with Crippen molar-refractivity contribution < 1.29 is 25.0 Å². The molecule has 0 heterocycles. The van der Waals surface area contributed by atoms with Crippen molar-refractivity contribution >= 4 is 5.97 Å². The van der Waals surface area contributed by atoms with Gasteiger partial charge < -0.3 is 25.0 Å². The van der Waals surface area contributed by atoms with E-state index in [0.717, 1.165) is 25.7 Å². The summed E-state index contributed by atoms with van der Waals surface area (Å²) in [5, 5.41) is 33.6. The van der Waals surface area contributed by atoms with Crippen LogP contribution >= 0.6 is 0 Å². The second-order valence-corrected chi connectivity index (χ2v) is 13.0. The molecular weight excluding hydrogens is 438 g/mol. The summed E-state index contributed by atoms with van der Waals surface area (Å²) < 4.78 is 0. The number of fused-ring (bicyclic) bond motifs is 5. The van der Waals surface area contributed by atoms with Gasteiger partial charge in [-0.15, -0.1) is 0 Å². The van der Waals surface area contributed by atoms with E-state index in [9.17, 15) is 20.1 Å². The average molecular weight is 494 g/mol. The summed E-state index contributed by atoms with van der Waals surface area (Å²) in [5.41, 5.74) is 0.0640. The van der Waals surface area contributed by atoms with E-state index in [0.29, 0.717) is 36.0 Å². The fourth-order valence-corrected chi connectivity index (χ4v) is 9.48. The van der Waals surface area contributed by atoms with Crippen LogP contribution in [0.1, 0.15) is 106 Å². The first kappa shape index (κ1) is 28.9. The Balaban J connectivity index is 0.000000429. The Morgan fingerprint density at radius 1 is 1.00 bits per heavy atom. The summed E-state index contributed by atoms with van der Waals surface area (Å²) >= 11 is 0. The van der Waals surface area contributed by atoms with Crippen LogP contribution in [0.5, 0.6) is 0 Å². The summed E-state index contributed by atoms with van der Waals surface area (Å²) in [6.07, 6.45) is 9.04. The molecule has 0 saturated heterocycles. The number of carbonyl (C=O) groups is 1. The number of hydrogen-bond acceptors (Lipinski definition) is 4. The van der Waals surface area contributed by atoms with Gasteiger partial charge in [0.05, 0.1) is 31.8 Å². The number of aliphatic carboxylic acids is 1. The first-order valence-electron chi connectivity index (χ1n) is 14.9. The zero-order chi connectivity index (χ0) is 26.0. The molecule has 4 aliphatic rings. The van der Waals surface area contributed by atoms with Crippen molar-refractivity contribution in [3.05, 3.63) is 0 Å². The summed E-state index contributed by atoms with van der Waals surface area (Å²) in [6.45, 7) is 17.3. The number of aliphatic hydroxyl groups is 2. The van der Waals surface area contributed by atoms with Crippen LogP contribution in [0.25, 0.3) is 0 Å². The number of rotatable bonds is 7. The molecule has 0 bridgehead atoms. The van der Waals surface area contributed by atoms with Crippen LogP contribution in [0.15, 0.2) is 0 Å². The third-order valence-electron chi connectivity index (χ3n) is 11.8. The molecule has 10 unspecified atom stereocenters. The minimum atomic E-state index is -0.977. The molecule has 10 atom stereocenters. The lowest BCUT2D eigenvalue weighted by Gasteiger charge is -2.63. The monoisotopic (exact) mass is 493 g/mol. The van der Waals surface area contributed by atoms with E-state index in [4.69, 9.17) is 0 Å². The van der Waals surface area contributed by atoms with Gasteiger partial charge in [0, 0.05) is 5.97 Å². The number of aliphatic hydroxyl groups excluding tert-OH is 2. The Morgan fingerprint density at radius 2 is 1.66 bits per heavy atom. The molecule has 0 aromatic rings. The van der Waals surface area contributed by atoms with E-state index >= 15 is 0 Å². The Kier molecular flexibility index (Phi) is 9.76. The smallest absolute Gasteiger partial charge is 0.0742 e. The van der Waals surface area contributed by atoms with Crippen LogP contribution in [0.3, 0.4) is 0 Å². The van der Waals surface area contributed by atoms with Gasteiger partial charge in [0.15, 0.2) is 0 Å². The largest absolute Gasteiger partial charge is 0.550 e. The van der Waals surface area contributed by atoms with Crippen molar-refractivity contribution in [1.82, 2.24) is 0 Å². The number of carbonyl (C=O) groups excluding carboxylic acids is 1. The maximum Gasteiger partial charge on any atom is 0.0742 e. The van der Waals surface area contributed by atoms with E-state index in [2.05, 4.69) is 41.5 Å². The molecule has 4 fully saturated rings. The number of carboxylic acid groups (broad SMARTS) is 1. The number of hydrogen-bond donors (Lipinski definition) is 3. The Morgan fingerprint density at radius 3 is 2.23 bits per heavy atom. The molecular formula is C30H55NO4. The minimum absolute atomic E-state index is 0.100. The van der Waals surface area contributed by atoms with Gasteiger partial charge in [0.2, 0.25) is 0 Å². The third kappa shape index (κ3) is 5.48. The lowest BCUT2D eigenvalue weighted by molar-refractivity contribution is -0.894. The van der Waals surface area contributed by atoms with Gasteiger partial charge in [-0.25, -0.2) is 0 Å². The van der Waals surface area contributed by atoms with E-state index in [1.807, 2.05) is 0 Å². The number of nitrogens with one attached hydrogen (secondary N) is 1. The third-order valence-corrected chi connectivity index (χ3v) is 11.8. The highest BCUT2D eigenvalue weighted by Gasteiger charge is 2.65. The molecule has 0 spiro atoms. The van der Waals surface area contributed by atoms with Gasteiger partial charge in [-0.1, -0.05) is 33.6 Å². The quantitative estimate of drug-likeness (QED) is 0.509. The van der Waals surface area contributed by atoms with E-state index in [1.165, 1.54) is 45.3 Å². The van der Waals surface area contributed by atoms with Crippen molar-refractivity contribution in [3.8, 4) is 0 Å². The molecule has 3 N–H and O–H groups in total. The van der Waals surface area contributed by atoms with E-state index in [-0.39, 0.29) is 35.4 Å². The molecule has 0 radical (unpaired) electrons. The molecule has 4 rings (SSSR count). The van der Waals surface area contributed by atoms with Crippen molar-refractivity contribution in [2.24, 2.45) is 46.3 Å². The predicted octanol–water partition coefficient (Wildman–Crippen LogP) is 3.07. The lowest BCUT2D eigenvalue weighted by atomic mass is 9.43. The lowest BCUT2D eigenvalue weighted by Crippen LogP contribution is -3.11. The molecule has 5 heteroatoms. The minimum Gasteiger partial charge on any atom is -0.550 e. The predicted molar refractivity (Wildman–Crippen MR) is 139 cm³/mol. The summed E-state index contributed by atoms with van der Waals surface area (Å²) in [5.74, 6) is 1.29. The normalized spacial score (nSPS) is 43.4. The highest BCUT2D eigenvalue weighted by Crippen LogP contribution is 2.68. The standard InChI is InChI=1S/C24H40O4.C6H15N/c1-14(7-10-21(27)28)16-8-9-17-22-18(13-20(26)24(16,17)3)23(2)11-5-4-6-15(23)12-19(22)25;1-4-7(5-2)6-3/h14-20,22,25-26H,4-13H2,1-3H3,(H,27,28);4-6H2,1-3H3. The van der Waals surface area contributed by atoms with Crippen molar-refractivity contribution in [1.29, 1.82) is 0 Å². The molecule has 5 nitrogen and oxygen atoms in total. The molecule has 0 aliphatic heterocycles. The summed E-state index contributed by atoms with van der Waals surface area (Å²) in [7, 11) is 0.